The molecule has 0 saturated heterocycles. The summed E-state index contributed by atoms with van der Waals surface area (Å²) >= 11 is 1.35. The van der Waals surface area contributed by atoms with Gasteiger partial charge >= 0.3 is 0 Å². The van der Waals surface area contributed by atoms with E-state index >= 15 is 0 Å². The van der Waals surface area contributed by atoms with Gasteiger partial charge in [-0.25, -0.2) is 0 Å². The normalized spacial score (nSPS) is 11.6. The minimum absolute atomic E-state index is 0.0566. The lowest BCUT2D eigenvalue weighted by atomic mass is 10.1. The maximum absolute atomic E-state index is 13.5. The van der Waals surface area contributed by atoms with E-state index in [0.717, 1.165) is 10.5 Å². The first-order chi connectivity index (χ1) is 23.8. The van der Waals surface area contributed by atoms with Gasteiger partial charge in [-0.3, -0.25) is 19.2 Å². The third-order valence-electron chi connectivity index (χ3n) is 7.17. The first kappa shape index (κ1) is 34.2. The van der Waals surface area contributed by atoms with Gasteiger partial charge in [0.05, 0.1) is 6.61 Å². The lowest BCUT2D eigenvalue weighted by Crippen LogP contribution is -2.30. The number of primary amides is 1. The Morgan fingerprint density at radius 1 is 0.714 bits per heavy atom. The molecule has 1 atom stereocenters. The number of carbonyl (C=O) groups excluding carboxylic acids is 4. The highest BCUT2D eigenvalue weighted by molar-refractivity contribution is 8.00. The molecule has 5 aromatic carbocycles. The van der Waals surface area contributed by atoms with Crippen LogP contribution in [0, 0.1) is 0 Å². The van der Waals surface area contributed by atoms with Crippen molar-refractivity contribution in [3.8, 4) is 5.75 Å². The highest BCUT2D eigenvalue weighted by atomic mass is 32.2. The van der Waals surface area contributed by atoms with Crippen LogP contribution in [0.3, 0.4) is 0 Å². The Labute approximate surface area is 288 Å². The summed E-state index contributed by atoms with van der Waals surface area (Å²) in [5.74, 6) is -1.04. The average Bonchev–Trinajstić information content (AvgIpc) is 3.12. The molecule has 9 nitrogen and oxygen atoms in total. The first-order valence-electron chi connectivity index (χ1n) is 15.4. The van der Waals surface area contributed by atoms with Crippen molar-refractivity contribution in [3.63, 3.8) is 0 Å². The zero-order valence-electron chi connectivity index (χ0n) is 26.6. The van der Waals surface area contributed by atoms with Gasteiger partial charge in [-0.15, -0.1) is 11.8 Å². The third-order valence-corrected chi connectivity index (χ3v) is 8.44. The molecule has 0 radical (unpaired) electrons. The minimum Gasteiger partial charge on any atom is -0.494 e. The van der Waals surface area contributed by atoms with Crippen molar-refractivity contribution in [1.82, 2.24) is 5.32 Å². The highest BCUT2D eigenvalue weighted by Gasteiger charge is 2.23. The van der Waals surface area contributed by atoms with Crippen LogP contribution in [0.1, 0.15) is 44.0 Å². The van der Waals surface area contributed by atoms with E-state index in [4.69, 9.17) is 10.5 Å². The Balaban J connectivity index is 1.32. The number of hydrogen-bond donors (Lipinski definition) is 4. The van der Waals surface area contributed by atoms with E-state index in [1.807, 2.05) is 55.5 Å². The molecule has 0 aliphatic rings. The molecule has 0 bridgehead atoms. The summed E-state index contributed by atoms with van der Waals surface area (Å²) in [6.45, 7) is 2.43. The second-order valence-corrected chi connectivity index (χ2v) is 11.9. The van der Waals surface area contributed by atoms with Crippen LogP contribution in [0.4, 0.5) is 11.4 Å². The van der Waals surface area contributed by atoms with Gasteiger partial charge in [-0.2, -0.15) is 0 Å². The molecule has 0 saturated carbocycles. The predicted molar refractivity (Wildman–Crippen MR) is 193 cm³/mol. The largest absolute Gasteiger partial charge is 0.494 e. The summed E-state index contributed by atoms with van der Waals surface area (Å²) in [6, 6.07) is 38.7. The van der Waals surface area contributed by atoms with Crippen molar-refractivity contribution in [3.05, 3.63) is 161 Å². The van der Waals surface area contributed by atoms with E-state index in [1.165, 1.54) is 11.8 Å². The monoisotopic (exact) mass is 670 g/mol. The number of nitrogens with two attached hydrogens (primary N) is 1. The summed E-state index contributed by atoms with van der Waals surface area (Å²) in [6.07, 6.45) is 1.60. The number of carbonyl (C=O) groups is 4. The Bertz CT molecular complexity index is 1930. The summed E-state index contributed by atoms with van der Waals surface area (Å²) in [5.41, 5.74) is 8.67. The summed E-state index contributed by atoms with van der Waals surface area (Å²) < 4.78 is 5.52. The number of amides is 4. The zero-order valence-corrected chi connectivity index (χ0v) is 27.4. The third kappa shape index (κ3) is 9.69. The Hall–Kier alpha value is -6.13. The van der Waals surface area contributed by atoms with Crippen LogP contribution in [0.15, 0.2) is 144 Å². The Morgan fingerprint density at radius 2 is 1.31 bits per heavy atom. The number of rotatable bonds is 13. The van der Waals surface area contributed by atoms with Crippen LogP contribution >= 0.6 is 11.8 Å². The molecule has 0 spiro atoms. The van der Waals surface area contributed by atoms with Crippen molar-refractivity contribution >= 4 is 52.8 Å². The molecular weight excluding hydrogens is 637 g/mol. The molecule has 0 aromatic heterocycles. The van der Waals surface area contributed by atoms with Crippen LogP contribution in [0.2, 0.25) is 0 Å². The maximum Gasteiger partial charge on any atom is 0.272 e. The lowest BCUT2D eigenvalue weighted by molar-refractivity contribution is -0.116. The number of anilines is 2. The molecule has 49 heavy (non-hydrogen) atoms. The molecule has 5 aromatic rings. The smallest absolute Gasteiger partial charge is 0.272 e. The first-order valence-corrected chi connectivity index (χ1v) is 16.3. The summed E-state index contributed by atoms with van der Waals surface area (Å²) in [4.78, 5) is 52.2. The molecule has 5 N–H and O–H groups in total. The van der Waals surface area contributed by atoms with Crippen LogP contribution < -0.4 is 26.4 Å². The fourth-order valence-corrected chi connectivity index (χ4v) is 5.74. The van der Waals surface area contributed by atoms with E-state index in [1.54, 1.807) is 91.0 Å². The Morgan fingerprint density at radius 3 is 1.92 bits per heavy atom. The summed E-state index contributed by atoms with van der Waals surface area (Å²) in [5, 5.41) is 7.92. The number of ether oxygens (including phenoxy) is 1. The van der Waals surface area contributed by atoms with Gasteiger partial charge in [0, 0.05) is 27.4 Å². The van der Waals surface area contributed by atoms with Crippen molar-refractivity contribution in [2.45, 2.75) is 17.1 Å². The molecule has 0 aliphatic carbocycles. The van der Waals surface area contributed by atoms with Crippen molar-refractivity contribution in [2.75, 3.05) is 17.2 Å². The number of hydrogen-bond acceptors (Lipinski definition) is 6. The molecule has 0 heterocycles. The van der Waals surface area contributed by atoms with Crippen LogP contribution in [0.25, 0.3) is 6.08 Å². The van der Waals surface area contributed by atoms with E-state index in [2.05, 4.69) is 16.0 Å². The molecule has 5 rings (SSSR count). The topological polar surface area (TPSA) is 140 Å². The molecular formula is C39H34N4O5S. The van der Waals surface area contributed by atoms with E-state index in [0.29, 0.717) is 40.4 Å². The zero-order chi connectivity index (χ0) is 34.6. The maximum atomic E-state index is 13.5. The molecule has 4 amide bonds. The fourth-order valence-electron chi connectivity index (χ4n) is 4.71. The van der Waals surface area contributed by atoms with Crippen molar-refractivity contribution < 1.29 is 23.9 Å². The van der Waals surface area contributed by atoms with Gasteiger partial charge in [0.25, 0.3) is 11.8 Å². The van der Waals surface area contributed by atoms with Gasteiger partial charge in [-0.1, -0.05) is 60.7 Å². The Kier molecular flexibility index (Phi) is 11.6. The van der Waals surface area contributed by atoms with Crippen molar-refractivity contribution in [2.24, 2.45) is 5.73 Å². The number of benzene rings is 5. The molecule has 10 heteroatoms. The number of nitrogens with one attached hydrogen (secondary N) is 3. The van der Waals surface area contributed by atoms with Gasteiger partial charge in [-0.05, 0) is 96.9 Å². The molecule has 0 fully saturated rings. The summed E-state index contributed by atoms with van der Waals surface area (Å²) in [7, 11) is 0. The van der Waals surface area contributed by atoms with Crippen LogP contribution in [0.5, 0.6) is 5.75 Å². The van der Waals surface area contributed by atoms with Crippen molar-refractivity contribution in [1.29, 1.82) is 0 Å². The quantitative estimate of drug-likeness (QED) is 0.0781. The molecule has 0 aliphatic heterocycles. The van der Waals surface area contributed by atoms with Gasteiger partial charge in [0.15, 0.2) is 0 Å². The minimum atomic E-state index is -0.602. The van der Waals surface area contributed by atoms with E-state index < -0.39 is 23.0 Å². The van der Waals surface area contributed by atoms with Gasteiger partial charge in [0.1, 0.15) is 16.7 Å². The van der Waals surface area contributed by atoms with Gasteiger partial charge < -0.3 is 26.4 Å². The van der Waals surface area contributed by atoms with Crippen LogP contribution in [-0.4, -0.2) is 30.2 Å². The number of thioether (sulfide) groups is 1. The molecule has 246 valence electrons. The average molecular weight is 671 g/mol. The second-order valence-electron chi connectivity index (χ2n) is 10.7. The highest BCUT2D eigenvalue weighted by Crippen LogP contribution is 2.37. The predicted octanol–water partition coefficient (Wildman–Crippen LogP) is 7.07. The lowest BCUT2D eigenvalue weighted by Gasteiger charge is -2.18. The van der Waals surface area contributed by atoms with Gasteiger partial charge in [0.2, 0.25) is 11.8 Å². The SMILES string of the molecule is CCOc1ccc(/C=C(\NC(=O)c2ccccc2)C(=O)Nc2ccc(SC(C(=O)Nc3ccc(C(N)=O)cc3)c3ccccc3)cc2)cc1. The molecule has 1 unspecified atom stereocenters. The standard InChI is InChI=1S/C39H34N4O5S/c1-2-48-32-21-13-26(14-22-32)25-34(43-37(45)29-11-7-4-8-12-29)38(46)41-31-19-23-33(24-20-31)49-35(27-9-5-3-6-10-27)39(47)42-30-17-15-28(16-18-30)36(40)44/h3-25,35H,2H2,1H3,(H2,40,44)(H,41,46)(H,42,47)(H,43,45)/b34-25-. The second kappa shape index (κ2) is 16.6. The van der Waals surface area contributed by atoms with Crippen LogP contribution in [-0.2, 0) is 9.59 Å². The fraction of sp³-hybridized carbons (Fsp3) is 0.0769. The van der Waals surface area contributed by atoms with E-state index in [-0.39, 0.29) is 11.6 Å². The van der Waals surface area contributed by atoms with E-state index in [9.17, 15) is 19.2 Å².